The van der Waals surface area contributed by atoms with Gasteiger partial charge in [-0.25, -0.2) is 8.78 Å². The van der Waals surface area contributed by atoms with Crippen LogP contribution >= 0.6 is 0 Å². The van der Waals surface area contributed by atoms with Crippen LogP contribution < -0.4 is 0 Å². The molecule has 1 aromatic carbocycles. The molecule has 0 bridgehead atoms. The van der Waals surface area contributed by atoms with E-state index in [-0.39, 0.29) is 17.9 Å². The van der Waals surface area contributed by atoms with Crippen molar-refractivity contribution in [3.63, 3.8) is 0 Å². The van der Waals surface area contributed by atoms with Crippen LogP contribution in [0.2, 0.25) is 0 Å². The molecule has 0 aliphatic heterocycles. The van der Waals surface area contributed by atoms with E-state index in [1.54, 1.807) is 0 Å². The van der Waals surface area contributed by atoms with Crippen LogP contribution in [0.4, 0.5) is 8.78 Å². The van der Waals surface area contributed by atoms with Gasteiger partial charge in [0.15, 0.2) is 5.78 Å². The highest BCUT2D eigenvalue weighted by atomic mass is 19.1. The maximum atomic E-state index is 13.7. The summed E-state index contributed by atoms with van der Waals surface area (Å²) in [5, 5.41) is 0. The smallest absolute Gasteiger partial charge is 0.179 e. The Morgan fingerprint density at radius 1 is 1.29 bits per heavy atom. The van der Waals surface area contributed by atoms with Crippen molar-refractivity contribution in [1.29, 1.82) is 0 Å². The second-order valence-corrected chi connectivity index (χ2v) is 6.31. The first kappa shape index (κ1) is 16.1. The molecule has 0 spiro atoms. The van der Waals surface area contributed by atoms with Gasteiger partial charge in [-0.1, -0.05) is 26.7 Å². The first-order chi connectivity index (χ1) is 9.97. The number of hydrogen-bond acceptors (Lipinski definition) is 2. The Balaban J connectivity index is 2.09. The first-order valence-corrected chi connectivity index (χ1v) is 7.69. The van der Waals surface area contributed by atoms with Crippen molar-refractivity contribution in [2.45, 2.75) is 45.6 Å². The molecule has 2 rings (SSSR count). The fraction of sp³-hybridized carbons (Fsp3) is 0.588. The molecule has 0 aromatic heterocycles. The van der Waals surface area contributed by atoms with Crippen LogP contribution in [0, 0.1) is 17.6 Å². The molecule has 1 fully saturated rings. The zero-order chi connectivity index (χ0) is 15.4. The topological polar surface area (TPSA) is 20.3 Å². The molecule has 116 valence electrons. The Morgan fingerprint density at radius 2 is 1.95 bits per heavy atom. The summed E-state index contributed by atoms with van der Waals surface area (Å²) < 4.78 is 26.6. The Kier molecular flexibility index (Phi) is 5.45. The second kappa shape index (κ2) is 7.12. The molecule has 21 heavy (non-hydrogen) atoms. The third-order valence-electron chi connectivity index (χ3n) is 4.02. The van der Waals surface area contributed by atoms with Crippen molar-refractivity contribution in [2.24, 2.45) is 5.92 Å². The van der Waals surface area contributed by atoms with E-state index in [4.69, 9.17) is 0 Å². The minimum absolute atomic E-state index is 0.0110. The van der Waals surface area contributed by atoms with E-state index >= 15 is 0 Å². The highest BCUT2D eigenvalue weighted by Gasteiger charge is 2.26. The maximum Gasteiger partial charge on any atom is 0.179 e. The molecule has 4 heteroatoms. The van der Waals surface area contributed by atoms with Gasteiger partial charge in [-0.2, -0.15) is 0 Å². The van der Waals surface area contributed by atoms with Crippen molar-refractivity contribution in [3.8, 4) is 0 Å². The molecule has 1 aromatic rings. The quantitative estimate of drug-likeness (QED) is 0.738. The van der Waals surface area contributed by atoms with Gasteiger partial charge < -0.3 is 0 Å². The zero-order valence-corrected chi connectivity index (χ0v) is 12.7. The molecule has 0 N–H and O–H groups in total. The van der Waals surface area contributed by atoms with E-state index in [1.807, 2.05) is 0 Å². The maximum absolute atomic E-state index is 13.7. The SMILES string of the molecule is CC(C)CN(CC(=O)c1ccc(F)cc1F)C1CCCC1. The Morgan fingerprint density at radius 3 is 2.52 bits per heavy atom. The van der Waals surface area contributed by atoms with Gasteiger partial charge in [0.1, 0.15) is 11.6 Å². The van der Waals surface area contributed by atoms with E-state index in [0.29, 0.717) is 12.0 Å². The normalized spacial score (nSPS) is 16.1. The monoisotopic (exact) mass is 295 g/mol. The molecular weight excluding hydrogens is 272 g/mol. The predicted octanol–water partition coefficient (Wildman–Crippen LogP) is 4.05. The Hall–Kier alpha value is -1.29. The van der Waals surface area contributed by atoms with Gasteiger partial charge in [-0.15, -0.1) is 0 Å². The number of hydrogen-bond donors (Lipinski definition) is 0. The summed E-state index contributed by atoms with van der Waals surface area (Å²) in [6, 6.07) is 3.57. The summed E-state index contributed by atoms with van der Waals surface area (Å²) in [5.74, 6) is -1.23. The van der Waals surface area contributed by atoms with E-state index in [9.17, 15) is 13.6 Å². The van der Waals surface area contributed by atoms with Crippen molar-refractivity contribution in [2.75, 3.05) is 13.1 Å². The van der Waals surface area contributed by atoms with Gasteiger partial charge in [0.25, 0.3) is 0 Å². The van der Waals surface area contributed by atoms with Crippen molar-refractivity contribution >= 4 is 5.78 Å². The van der Waals surface area contributed by atoms with Gasteiger partial charge in [0.05, 0.1) is 12.1 Å². The van der Waals surface area contributed by atoms with Gasteiger partial charge in [0.2, 0.25) is 0 Å². The molecule has 0 radical (unpaired) electrons. The first-order valence-electron chi connectivity index (χ1n) is 7.69. The van der Waals surface area contributed by atoms with E-state index in [2.05, 4.69) is 18.7 Å². The minimum Gasteiger partial charge on any atom is -0.293 e. The van der Waals surface area contributed by atoms with Gasteiger partial charge in [-0.3, -0.25) is 9.69 Å². The van der Waals surface area contributed by atoms with Crippen molar-refractivity contribution < 1.29 is 13.6 Å². The molecule has 0 amide bonds. The van der Waals surface area contributed by atoms with E-state index < -0.39 is 11.6 Å². The predicted molar refractivity (Wildman–Crippen MR) is 79.4 cm³/mol. The van der Waals surface area contributed by atoms with Crippen LogP contribution in [0.5, 0.6) is 0 Å². The highest BCUT2D eigenvalue weighted by Crippen LogP contribution is 2.24. The molecule has 1 aliphatic carbocycles. The number of carbonyl (C=O) groups is 1. The van der Waals surface area contributed by atoms with Crippen LogP contribution in [0.1, 0.15) is 49.9 Å². The summed E-state index contributed by atoms with van der Waals surface area (Å²) in [6.07, 6.45) is 4.59. The van der Waals surface area contributed by atoms with Crippen molar-refractivity contribution in [1.82, 2.24) is 4.90 Å². The fourth-order valence-corrected chi connectivity index (χ4v) is 3.07. The number of benzene rings is 1. The molecule has 1 aliphatic rings. The largest absolute Gasteiger partial charge is 0.293 e. The van der Waals surface area contributed by atoms with Crippen LogP contribution in [0.3, 0.4) is 0 Å². The molecule has 0 saturated heterocycles. The number of nitrogens with zero attached hydrogens (tertiary/aromatic N) is 1. The van der Waals surface area contributed by atoms with E-state index in [0.717, 1.165) is 31.5 Å². The Bertz CT molecular complexity index is 496. The summed E-state index contributed by atoms with van der Waals surface area (Å²) in [6.45, 7) is 5.28. The minimum atomic E-state index is -0.768. The lowest BCUT2D eigenvalue weighted by Gasteiger charge is -2.29. The zero-order valence-electron chi connectivity index (χ0n) is 12.7. The standard InChI is InChI=1S/C17H23F2NO/c1-12(2)10-20(14-5-3-4-6-14)11-17(21)15-8-7-13(18)9-16(15)19/h7-9,12,14H,3-6,10-11H2,1-2H3. The third kappa shape index (κ3) is 4.34. The summed E-state index contributed by atoms with van der Waals surface area (Å²) in [7, 11) is 0. The van der Waals surface area contributed by atoms with Crippen molar-refractivity contribution in [3.05, 3.63) is 35.4 Å². The number of carbonyl (C=O) groups excluding carboxylic acids is 1. The third-order valence-corrected chi connectivity index (χ3v) is 4.02. The number of rotatable bonds is 6. The summed E-state index contributed by atoms with van der Waals surface area (Å²) in [5.41, 5.74) is -0.0110. The molecule has 0 unspecified atom stereocenters. The lowest BCUT2D eigenvalue weighted by molar-refractivity contribution is 0.0872. The van der Waals surface area contributed by atoms with E-state index in [1.165, 1.54) is 18.9 Å². The Labute approximate surface area is 125 Å². The molecule has 1 saturated carbocycles. The number of Topliss-reactive ketones (excluding diaryl/α,β-unsaturated/α-hetero) is 1. The second-order valence-electron chi connectivity index (χ2n) is 6.31. The number of halogens is 2. The van der Waals surface area contributed by atoms with Crippen LogP contribution in [-0.4, -0.2) is 29.8 Å². The summed E-state index contributed by atoms with van der Waals surface area (Å²) >= 11 is 0. The highest BCUT2D eigenvalue weighted by molar-refractivity contribution is 5.97. The molecule has 0 heterocycles. The summed E-state index contributed by atoms with van der Waals surface area (Å²) in [4.78, 5) is 14.5. The number of ketones is 1. The van der Waals surface area contributed by atoms with Crippen LogP contribution in [0.15, 0.2) is 18.2 Å². The average Bonchev–Trinajstić information content (AvgIpc) is 2.90. The molecule has 0 atom stereocenters. The van der Waals surface area contributed by atoms with Gasteiger partial charge >= 0.3 is 0 Å². The van der Waals surface area contributed by atoms with Gasteiger partial charge in [0, 0.05) is 18.7 Å². The molecule has 2 nitrogen and oxygen atoms in total. The average molecular weight is 295 g/mol. The van der Waals surface area contributed by atoms with Crippen LogP contribution in [0.25, 0.3) is 0 Å². The fourth-order valence-electron chi connectivity index (χ4n) is 3.07. The lowest BCUT2D eigenvalue weighted by Crippen LogP contribution is -2.40. The van der Waals surface area contributed by atoms with Gasteiger partial charge in [-0.05, 0) is 30.9 Å². The molecular formula is C17H23F2NO. The lowest BCUT2D eigenvalue weighted by atomic mass is 10.1. The van der Waals surface area contributed by atoms with Crippen LogP contribution in [-0.2, 0) is 0 Å².